The van der Waals surface area contributed by atoms with E-state index in [9.17, 15) is 0 Å². The minimum absolute atomic E-state index is 0.195. The highest BCUT2D eigenvalue weighted by Gasteiger charge is 2.21. The number of oxime groups is 1. The Balaban J connectivity index is 2.18. The molecule has 1 aliphatic heterocycles. The Morgan fingerprint density at radius 3 is 2.95 bits per heavy atom. The molecule has 1 aromatic rings. The predicted octanol–water partition coefficient (Wildman–Crippen LogP) is 2.55. The summed E-state index contributed by atoms with van der Waals surface area (Å²) in [4.78, 5) is 2.52. The molecule has 1 atom stereocenters. The van der Waals surface area contributed by atoms with Crippen LogP contribution in [0.5, 0.6) is 0 Å². The zero-order chi connectivity index (χ0) is 13.7. The second-order valence-corrected chi connectivity index (χ2v) is 5.17. The van der Waals surface area contributed by atoms with E-state index in [1.54, 1.807) is 0 Å². The molecule has 0 spiro atoms. The van der Waals surface area contributed by atoms with Crippen molar-refractivity contribution in [3.05, 3.63) is 35.4 Å². The molecular weight excluding hydrogens is 238 g/mol. The van der Waals surface area contributed by atoms with Gasteiger partial charge < -0.3 is 10.9 Å². The van der Waals surface area contributed by atoms with Gasteiger partial charge in [-0.15, -0.1) is 0 Å². The second kappa shape index (κ2) is 6.57. The topological polar surface area (TPSA) is 61.8 Å². The Labute approximate surface area is 114 Å². The van der Waals surface area contributed by atoms with Crippen molar-refractivity contribution >= 4 is 5.84 Å². The van der Waals surface area contributed by atoms with E-state index >= 15 is 0 Å². The lowest BCUT2D eigenvalue weighted by atomic mass is 9.98. The van der Waals surface area contributed by atoms with E-state index < -0.39 is 0 Å². The van der Waals surface area contributed by atoms with Gasteiger partial charge in [-0.3, -0.25) is 4.90 Å². The number of nitrogens with zero attached hydrogens (tertiary/aromatic N) is 2. The third-order valence-electron chi connectivity index (χ3n) is 3.99. The Bertz CT molecular complexity index is 445. The maximum absolute atomic E-state index is 8.87. The first-order chi connectivity index (χ1) is 9.26. The molecule has 0 saturated carbocycles. The lowest BCUT2D eigenvalue weighted by molar-refractivity contribution is 0.136. The van der Waals surface area contributed by atoms with Crippen molar-refractivity contribution in [1.82, 2.24) is 4.90 Å². The number of hydrogen-bond acceptors (Lipinski definition) is 3. The molecular formula is C15H23N3O. The number of benzene rings is 1. The molecule has 104 valence electrons. The van der Waals surface area contributed by atoms with Crippen molar-refractivity contribution in [2.24, 2.45) is 10.9 Å². The van der Waals surface area contributed by atoms with Crippen LogP contribution >= 0.6 is 0 Å². The summed E-state index contributed by atoms with van der Waals surface area (Å²) < 4.78 is 0. The highest BCUT2D eigenvalue weighted by molar-refractivity contribution is 5.98. The Hall–Kier alpha value is -1.55. The molecule has 0 amide bonds. The zero-order valence-corrected chi connectivity index (χ0v) is 11.5. The van der Waals surface area contributed by atoms with Gasteiger partial charge >= 0.3 is 0 Å². The molecule has 1 aromatic carbocycles. The first kappa shape index (κ1) is 13.9. The summed E-state index contributed by atoms with van der Waals surface area (Å²) in [5.41, 5.74) is 7.72. The van der Waals surface area contributed by atoms with Crippen molar-refractivity contribution in [1.29, 1.82) is 0 Å². The molecule has 1 heterocycles. The minimum atomic E-state index is 0.195. The first-order valence-corrected chi connectivity index (χ1v) is 7.06. The summed E-state index contributed by atoms with van der Waals surface area (Å²) in [6, 6.07) is 8.57. The Morgan fingerprint density at radius 1 is 1.42 bits per heavy atom. The van der Waals surface area contributed by atoms with Crippen molar-refractivity contribution < 1.29 is 5.21 Å². The van der Waals surface area contributed by atoms with Crippen molar-refractivity contribution in [3.63, 3.8) is 0 Å². The van der Waals surface area contributed by atoms with E-state index in [4.69, 9.17) is 10.9 Å². The van der Waals surface area contributed by atoms with Gasteiger partial charge in [0.15, 0.2) is 5.84 Å². The minimum Gasteiger partial charge on any atom is -0.409 e. The van der Waals surface area contributed by atoms with Gasteiger partial charge in [-0.05, 0) is 31.4 Å². The molecule has 1 aliphatic rings. The van der Waals surface area contributed by atoms with Gasteiger partial charge in [-0.2, -0.15) is 0 Å². The van der Waals surface area contributed by atoms with Crippen LogP contribution in [-0.4, -0.2) is 28.5 Å². The van der Waals surface area contributed by atoms with Gasteiger partial charge in [-0.1, -0.05) is 42.8 Å². The summed E-state index contributed by atoms with van der Waals surface area (Å²) in [5.74, 6) is 0.195. The first-order valence-electron chi connectivity index (χ1n) is 7.06. The maximum Gasteiger partial charge on any atom is 0.170 e. The van der Waals surface area contributed by atoms with Crippen LogP contribution in [0.1, 0.15) is 43.7 Å². The number of nitrogens with two attached hydrogens (primary N) is 1. The zero-order valence-electron chi connectivity index (χ0n) is 11.5. The number of likely N-dealkylation sites (tertiary alicyclic amines) is 1. The van der Waals surface area contributed by atoms with Crippen LogP contribution < -0.4 is 5.73 Å². The second-order valence-electron chi connectivity index (χ2n) is 5.17. The van der Waals surface area contributed by atoms with Gasteiger partial charge in [0, 0.05) is 18.2 Å². The van der Waals surface area contributed by atoms with Crippen LogP contribution in [0.2, 0.25) is 0 Å². The third kappa shape index (κ3) is 3.26. The van der Waals surface area contributed by atoms with Gasteiger partial charge in [0.2, 0.25) is 0 Å². The standard InChI is InChI=1S/C15H23N3O/c1-2-13-8-5-6-10-18(13)11-12-7-3-4-9-14(12)15(16)17-19/h3-4,7,9,13,19H,2,5-6,8,10-11H2,1H3,(H2,16,17). The molecule has 2 rings (SSSR count). The third-order valence-corrected chi connectivity index (χ3v) is 3.99. The van der Waals surface area contributed by atoms with E-state index in [2.05, 4.69) is 23.0 Å². The molecule has 1 saturated heterocycles. The fourth-order valence-corrected chi connectivity index (χ4v) is 2.91. The summed E-state index contributed by atoms with van der Waals surface area (Å²) in [6.45, 7) is 4.27. The largest absolute Gasteiger partial charge is 0.409 e. The van der Waals surface area contributed by atoms with Crippen LogP contribution in [0, 0.1) is 0 Å². The van der Waals surface area contributed by atoms with Crippen LogP contribution in [-0.2, 0) is 6.54 Å². The monoisotopic (exact) mass is 261 g/mol. The molecule has 0 aliphatic carbocycles. The van der Waals surface area contributed by atoms with E-state index in [-0.39, 0.29) is 5.84 Å². The van der Waals surface area contributed by atoms with Crippen LogP contribution in [0.25, 0.3) is 0 Å². The average molecular weight is 261 g/mol. The highest BCUT2D eigenvalue weighted by atomic mass is 16.4. The SMILES string of the molecule is CCC1CCCCN1Cc1ccccc1/C(N)=N/O. The number of amidine groups is 1. The molecule has 19 heavy (non-hydrogen) atoms. The van der Waals surface area contributed by atoms with E-state index in [1.165, 1.54) is 25.7 Å². The van der Waals surface area contributed by atoms with Crippen LogP contribution in [0.15, 0.2) is 29.4 Å². The molecule has 0 bridgehead atoms. The summed E-state index contributed by atoms with van der Waals surface area (Å²) in [5, 5.41) is 12.0. The van der Waals surface area contributed by atoms with E-state index in [0.29, 0.717) is 6.04 Å². The lowest BCUT2D eigenvalue weighted by Gasteiger charge is -2.35. The smallest absolute Gasteiger partial charge is 0.170 e. The van der Waals surface area contributed by atoms with Crippen molar-refractivity contribution in [2.75, 3.05) is 6.54 Å². The van der Waals surface area contributed by atoms with Gasteiger partial charge in [-0.25, -0.2) is 0 Å². The molecule has 4 heteroatoms. The highest BCUT2D eigenvalue weighted by Crippen LogP contribution is 2.22. The molecule has 3 N–H and O–H groups in total. The fraction of sp³-hybridized carbons (Fsp3) is 0.533. The molecule has 0 aromatic heterocycles. The normalized spacial score (nSPS) is 21.5. The van der Waals surface area contributed by atoms with E-state index in [0.717, 1.165) is 24.2 Å². The Kier molecular flexibility index (Phi) is 4.80. The number of hydrogen-bond donors (Lipinski definition) is 2. The lowest BCUT2D eigenvalue weighted by Crippen LogP contribution is -2.38. The quantitative estimate of drug-likeness (QED) is 0.379. The fourth-order valence-electron chi connectivity index (χ4n) is 2.91. The van der Waals surface area contributed by atoms with Crippen LogP contribution in [0.4, 0.5) is 0 Å². The van der Waals surface area contributed by atoms with Gasteiger partial charge in [0.1, 0.15) is 0 Å². The van der Waals surface area contributed by atoms with E-state index in [1.807, 2.05) is 18.2 Å². The molecule has 1 fully saturated rings. The van der Waals surface area contributed by atoms with Gasteiger partial charge in [0.05, 0.1) is 0 Å². The Morgan fingerprint density at radius 2 is 2.21 bits per heavy atom. The van der Waals surface area contributed by atoms with Crippen LogP contribution in [0.3, 0.4) is 0 Å². The van der Waals surface area contributed by atoms with Gasteiger partial charge in [0.25, 0.3) is 0 Å². The summed E-state index contributed by atoms with van der Waals surface area (Å²) in [6.07, 6.45) is 5.06. The summed E-state index contributed by atoms with van der Waals surface area (Å²) >= 11 is 0. The van der Waals surface area contributed by atoms with Crippen molar-refractivity contribution in [2.45, 2.75) is 45.2 Å². The maximum atomic E-state index is 8.87. The van der Waals surface area contributed by atoms with Crippen molar-refractivity contribution in [3.8, 4) is 0 Å². The summed E-state index contributed by atoms with van der Waals surface area (Å²) in [7, 11) is 0. The number of piperidine rings is 1. The molecule has 1 unspecified atom stereocenters. The molecule has 0 radical (unpaired) electrons. The molecule has 4 nitrogen and oxygen atoms in total. The predicted molar refractivity (Wildman–Crippen MR) is 77.3 cm³/mol. The number of rotatable bonds is 4. The average Bonchev–Trinajstić information content (AvgIpc) is 2.47.